The van der Waals surface area contributed by atoms with Crippen molar-refractivity contribution in [3.63, 3.8) is 0 Å². The van der Waals surface area contributed by atoms with Crippen molar-refractivity contribution in [2.24, 2.45) is 5.92 Å². The normalized spacial score (nSPS) is 22.8. The molecule has 0 radical (unpaired) electrons. The molecule has 1 fully saturated rings. The summed E-state index contributed by atoms with van der Waals surface area (Å²) < 4.78 is 0. The van der Waals surface area contributed by atoms with Gasteiger partial charge in [-0.05, 0) is 25.0 Å². The van der Waals surface area contributed by atoms with Crippen LogP contribution in [0.25, 0.3) is 0 Å². The molecule has 2 atom stereocenters. The van der Waals surface area contributed by atoms with Crippen molar-refractivity contribution < 1.29 is 19.8 Å². The number of carboxylic acid groups (broad SMARTS) is 2. The van der Waals surface area contributed by atoms with E-state index in [4.69, 9.17) is 10.2 Å². The zero-order valence-electron chi connectivity index (χ0n) is 10.3. The molecule has 1 aliphatic rings. The summed E-state index contributed by atoms with van der Waals surface area (Å²) in [5.74, 6) is -1.37. The number of rotatable bonds is 3. The van der Waals surface area contributed by atoms with E-state index in [-0.39, 0.29) is 13.0 Å². The number of para-hydroxylation sites is 1. The molecule has 6 heteroatoms. The molecular weight excluding hydrogens is 248 g/mol. The number of piperidine rings is 1. The molecule has 3 N–H and O–H groups in total. The number of anilines is 1. The lowest BCUT2D eigenvalue weighted by molar-refractivity contribution is -0.143. The zero-order valence-corrected chi connectivity index (χ0v) is 10.3. The summed E-state index contributed by atoms with van der Waals surface area (Å²) in [6.45, 7) is 0.233. The van der Waals surface area contributed by atoms with Gasteiger partial charge in [0.05, 0.1) is 5.92 Å². The van der Waals surface area contributed by atoms with E-state index in [9.17, 15) is 9.59 Å². The largest absolute Gasteiger partial charge is 0.481 e. The van der Waals surface area contributed by atoms with Gasteiger partial charge in [-0.2, -0.15) is 0 Å². The first-order chi connectivity index (χ1) is 9.08. The van der Waals surface area contributed by atoms with Crippen LogP contribution in [0.1, 0.15) is 12.8 Å². The van der Waals surface area contributed by atoms with Gasteiger partial charge in [0, 0.05) is 12.2 Å². The van der Waals surface area contributed by atoms with Crippen LogP contribution in [-0.4, -0.2) is 39.9 Å². The minimum Gasteiger partial charge on any atom is -0.481 e. The molecule has 1 saturated heterocycles. The van der Waals surface area contributed by atoms with Crippen molar-refractivity contribution in [1.29, 1.82) is 0 Å². The Morgan fingerprint density at radius 1 is 1.21 bits per heavy atom. The lowest BCUT2D eigenvalue weighted by atomic mass is 9.94. The Balaban J connectivity index is 2.11. The van der Waals surface area contributed by atoms with Crippen LogP contribution in [0.4, 0.5) is 10.5 Å². The zero-order chi connectivity index (χ0) is 13.8. The summed E-state index contributed by atoms with van der Waals surface area (Å²) >= 11 is 0. The highest BCUT2D eigenvalue weighted by molar-refractivity contribution is 5.72. The van der Waals surface area contributed by atoms with Gasteiger partial charge in [-0.25, -0.2) is 4.79 Å². The van der Waals surface area contributed by atoms with Gasteiger partial charge in [0.25, 0.3) is 0 Å². The summed E-state index contributed by atoms with van der Waals surface area (Å²) in [6.07, 6.45) is -0.905. The van der Waals surface area contributed by atoms with Crippen LogP contribution in [0, 0.1) is 5.92 Å². The standard InChI is InChI=1S/C13H16N2O4/c16-12(17)9-6-7-15(13(18)19)11(8-9)14-10-4-2-1-3-5-10/h1-5,9,11,14H,6-8H2,(H,16,17)(H,18,19). The maximum atomic E-state index is 11.2. The highest BCUT2D eigenvalue weighted by Crippen LogP contribution is 2.24. The van der Waals surface area contributed by atoms with Crippen LogP contribution in [0.5, 0.6) is 0 Å². The Labute approximate surface area is 110 Å². The van der Waals surface area contributed by atoms with Crippen LogP contribution < -0.4 is 5.32 Å². The van der Waals surface area contributed by atoms with E-state index in [1.165, 1.54) is 4.90 Å². The predicted molar refractivity (Wildman–Crippen MR) is 68.9 cm³/mol. The number of benzene rings is 1. The molecule has 0 aromatic heterocycles. The molecule has 2 unspecified atom stereocenters. The number of amides is 1. The second-order valence-corrected chi connectivity index (χ2v) is 4.56. The maximum absolute atomic E-state index is 11.2. The van der Waals surface area contributed by atoms with Crippen LogP contribution in [0.2, 0.25) is 0 Å². The summed E-state index contributed by atoms with van der Waals surface area (Å²) in [6, 6.07) is 9.19. The third kappa shape index (κ3) is 3.15. The predicted octanol–water partition coefficient (Wildman–Crippen LogP) is 1.90. The highest BCUT2D eigenvalue weighted by atomic mass is 16.4. The molecule has 1 aromatic carbocycles. The van der Waals surface area contributed by atoms with E-state index in [1.54, 1.807) is 0 Å². The van der Waals surface area contributed by atoms with Gasteiger partial charge < -0.3 is 15.5 Å². The second-order valence-electron chi connectivity index (χ2n) is 4.56. The van der Waals surface area contributed by atoms with Crippen LogP contribution in [0.15, 0.2) is 30.3 Å². The maximum Gasteiger partial charge on any atom is 0.408 e. The smallest absolute Gasteiger partial charge is 0.408 e. The molecule has 1 aromatic rings. The molecule has 0 bridgehead atoms. The Morgan fingerprint density at radius 3 is 2.47 bits per heavy atom. The van der Waals surface area contributed by atoms with Crippen molar-refractivity contribution in [3.05, 3.63) is 30.3 Å². The summed E-state index contributed by atoms with van der Waals surface area (Å²) in [5.41, 5.74) is 0.782. The number of hydrogen-bond acceptors (Lipinski definition) is 3. The minimum atomic E-state index is -1.03. The van der Waals surface area contributed by atoms with Gasteiger partial charge in [0.15, 0.2) is 0 Å². The van der Waals surface area contributed by atoms with Gasteiger partial charge >= 0.3 is 12.1 Å². The molecule has 2 rings (SSSR count). The lowest BCUT2D eigenvalue weighted by Gasteiger charge is -2.37. The quantitative estimate of drug-likeness (QED) is 0.775. The lowest BCUT2D eigenvalue weighted by Crippen LogP contribution is -2.50. The molecular formula is C13H16N2O4. The Bertz CT molecular complexity index is 463. The first-order valence-electron chi connectivity index (χ1n) is 6.12. The van der Waals surface area contributed by atoms with Gasteiger partial charge in [0.2, 0.25) is 0 Å². The topological polar surface area (TPSA) is 89.9 Å². The van der Waals surface area contributed by atoms with E-state index in [1.807, 2.05) is 30.3 Å². The van der Waals surface area contributed by atoms with E-state index in [2.05, 4.69) is 5.32 Å². The van der Waals surface area contributed by atoms with Crippen LogP contribution in [0.3, 0.4) is 0 Å². The van der Waals surface area contributed by atoms with Crippen molar-refractivity contribution in [1.82, 2.24) is 4.90 Å². The summed E-state index contributed by atoms with van der Waals surface area (Å²) in [7, 11) is 0. The van der Waals surface area contributed by atoms with Crippen molar-refractivity contribution in [3.8, 4) is 0 Å². The van der Waals surface area contributed by atoms with Gasteiger partial charge in [0.1, 0.15) is 6.17 Å². The van der Waals surface area contributed by atoms with Gasteiger partial charge in [-0.15, -0.1) is 0 Å². The van der Waals surface area contributed by atoms with Crippen molar-refractivity contribution in [2.75, 3.05) is 11.9 Å². The number of nitrogens with zero attached hydrogens (tertiary/aromatic N) is 1. The van der Waals surface area contributed by atoms with Crippen molar-refractivity contribution in [2.45, 2.75) is 19.0 Å². The molecule has 0 spiro atoms. The average Bonchev–Trinajstić information content (AvgIpc) is 2.39. The van der Waals surface area contributed by atoms with Crippen LogP contribution in [-0.2, 0) is 4.79 Å². The second kappa shape index (κ2) is 5.60. The molecule has 19 heavy (non-hydrogen) atoms. The van der Waals surface area contributed by atoms with Gasteiger partial charge in [-0.1, -0.05) is 18.2 Å². The number of likely N-dealkylation sites (tertiary alicyclic amines) is 1. The van der Waals surface area contributed by atoms with E-state index < -0.39 is 24.1 Å². The highest BCUT2D eigenvalue weighted by Gasteiger charge is 2.34. The number of carbonyl (C=O) groups is 2. The van der Waals surface area contributed by atoms with E-state index >= 15 is 0 Å². The fourth-order valence-electron chi connectivity index (χ4n) is 2.28. The van der Waals surface area contributed by atoms with Crippen LogP contribution >= 0.6 is 0 Å². The number of hydrogen-bond donors (Lipinski definition) is 3. The fraction of sp³-hybridized carbons (Fsp3) is 0.385. The van der Waals surface area contributed by atoms with E-state index in [0.717, 1.165) is 5.69 Å². The number of carboxylic acids is 1. The molecule has 6 nitrogen and oxygen atoms in total. The summed E-state index contributed by atoms with van der Waals surface area (Å²) in [4.78, 5) is 23.5. The number of nitrogens with one attached hydrogen (secondary N) is 1. The van der Waals surface area contributed by atoms with E-state index in [0.29, 0.717) is 6.42 Å². The third-order valence-electron chi connectivity index (χ3n) is 3.30. The third-order valence-corrected chi connectivity index (χ3v) is 3.30. The Morgan fingerprint density at radius 2 is 1.89 bits per heavy atom. The molecule has 1 amide bonds. The Kier molecular flexibility index (Phi) is 3.89. The number of aliphatic carboxylic acids is 1. The van der Waals surface area contributed by atoms with Crippen molar-refractivity contribution >= 4 is 17.7 Å². The monoisotopic (exact) mass is 264 g/mol. The fourth-order valence-corrected chi connectivity index (χ4v) is 2.28. The molecule has 1 heterocycles. The minimum absolute atomic E-state index is 0.233. The SMILES string of the molecule is O=C(O)C1CCN(C(=O)O)C(Nc2ccccc2)C1. The first-order valence-corrected chi connectivity index (χ1v) is 6.12. The molecule has 102 valence electrons. The van der Waals surface area contributed by atoms with Gasteiger partial charge in [-0.3, -0.25) is 9.69 Å². The summed E-state index contributed by atoms with van der Waals surface area (Å²) in [5, 5.41) is 21.3. The molecule has 0 saturated carbocycles. The average molecular weight is 264 g/mol. The molecule has 1 aliphatic heterocycles. The Hall–Kier alpha value is -2.24. The first kappa shape index (κ1) is 13.2. The molecule has 0 aliphatic carbocycles.